The number of para-hydroxylation sites is 2. The van der Waals surface area contributed by atoms with E-state index in [0.29, 0.717) is 17.3 Å². The number of hydrogen-bond acceptors (Lipinski definition) is 4. The van der Waals surface area contributed by atoms with Crippen LogP contribution in [0.4, 0.5) is 10.5 Å². The SMILES string of the molecule is O=C(Oc1ccccc1)N(Cc1n[nH]c(=O)[nH]1)c1ccccc1. The summed E-state index contributed by atoms with van der Waals surface area (Å²) in [6.07, 6.45) is -0.564. The van der Waals surface area contributed by atoms with Gasteiger partial charge in [0.05, 0.1) is 6.54 Å². The molecule has 116 valence electrons. The summed E-state index contributed by atoms with van der Waals surface area (Å²) in [6.45, 7) is 0.0778. The number of rotatable bonds is 4. The smallest absolute Gasteiger partial charge is 0.410 e. The molecule has 1 aromatic heterocycles. The Morgan fingerprint density at radius 3 is 2.30 bits per heavy atom. The van der Waals surface area contributed by atoms with E-state index >= 15 is 0 Å². The van der Waals surface area contributed by atoms with Crippen LogP contribution in [-0.4, -0.2) is 21.3 Å². The molecule has 23 heavy (non-hydrogen) atoms. The fourth-order valence-corrected chi connectivity index (χ4v) is 2.04. The molecular weight excluding hydrogens is 296 g/mol. The minimum Gasteiger partial charge on any atom is -0.410 e. The lowest BCUT2D eigenvalue weighted by molar-refractivity contribution is 0.207. The van der Waals surface area contributed by atoms with Crippen LogP contribution in [0.3, 0.4) is 0 Å². The molecule has 0 aliphatic carbocycles. The molecule has 7 nitrogen and oxygen atoms in total. The molecule has 0 fully saturated rings. The highest BCUT2D eigenvalue weighted by molar-refractivity contribution is 5.88. The van der Waals surface area contributed by atoms with Gasteiger partial charge in [-0.25, -0.2) is 14.7 Å². The third-order valence-electron chi connectivity index (χ3n) is 3.09. The van der Waals surface area contributed by atoms with Gasteiger partial charge in [0.2, 0.25) is 0 Å². The summed E-state index contributed by atoms with van der Waals surface area (Å²) in [5.41, 5.74) is 0.210. The highest BCUT2D eigenvalue weighted by atomic mass is 16.6. The zero-order chi connectivity index (χ0) is 16.1. The molecule has 0 radical (unpaired) electrons. The summed E-state index contributed by atoms with van der Waals surface area (Å²) in [4.78, 5) is 27.6. The summed E-state index contributed by atoms with van der Waals surface area (Å²) >= 11 is 0. The number of carbonyl (C=O) groups is 1. The maximum atomic E-state index is 12.5. The number of hydrogen-bond donors (Lipinski definition) is 2. The van der Waals surface area contributed by atoms with Crippen molar-refractivity contribution in [1.82, 2.24) is 15.2 Å². The third kappa shape index (κ3) is 3.65. The molecule has 0 aliphatic heterocycles. The van der Waals surface area contributed by atoms with Crippen molar-refractivity contribution in [3.8, 4) is 5.75 Å². The first kappa shape index (κ1) is 14.6. The van der Waals surface area contributed by atoms with E-state index in [0.717, 1.165) is 0 Å². The number of amides is 1. The molecule has 0 atom stereocenters. The molecular formula is C16H14N4O3. The number of carbonyl (C=O) groups excluding carboxylic acids is 1. The number of aromatic nitrogens is 3. The van der Waals surface area contributed by atoms with Gasteiger partial charge in [-0.3, -0.25) is 9.88 Å². The highest BCUT2D eigenvalue weighted by Gasteiger charge is 2.20. The molecule has 7 heteroatoms. The lowest BCUT2D eigenvalue weighted by Gasteiger charge is -2.20. The standard InChI is InChI=1S/C16H14N4O3/c21-15-17-14(18-19-15)11-20(12-7-3-1-4-8-12)16(22)23-13-9-5-2-6-10-13/h1-10H,11H2,(H2,17,18,19,21). The van der Waals surface area contributed by atoms with Crippen molar-refractivity contribution in [1.29, 1.82) is 0 Å². The normalized spacial score (nSPS) is 10.3. The summed E-state index contributed by atoms with van der Waals surface area (Å²) in [6, 6.07) is 17.8. The number of nitrogens with zero attached hydrogens (tertiary/aromatic N) is 2. The molecule has 0 unspecified atom stereocenters. The maximum Gasteiger partial charge on any atom is 0.420 e. The Morgan fingerprint density at radius 2 is 1.70 bits per heavy atom. The van der Waals surface area contributed by atoms with E-state index in [1.165, 1.54) is 4.90 Å². The van der Waals surface area contributed by atoms with Gasteiger partial charge >= 0.3 is 11.8 Å². The third-order valence-corrected chi connectivity index (χ3v) is 3.09. The van der Waals surface area contributed by atoms with Crippen molar-refractivity contribution in [2.24, 2.45) is 0 Å². The zero-order valence-electron chi connectivity index (χ0n) is 12.1. The highest BCUT2D eigenvalue weighted by Crippen LogP contribution is 2.18. The Morgan fingerprint density at radius 1 is 1.04 bits per heavy atom. The Bertz CT molecular complexity index is 827. The summed E-state index contributed by atoms with van der Waals surface area (Å²) in [7, 11) is 0. The van der Waals surface area contributed by atoms with E-state index in [1.54, 1.807) is 36.4 Å². The number of ether oxygens (including phenoxy) is 1. The van der Waals surface area contributed by atoms with Crippen molar-refractivity contribution in [3.05, 3.63) is 77.0 Å². The minimum absolute atomic E-state index is 0.0778. The van der Waals surface area contributed by atoms with E-state index in [1.807, 2.05) is 24.3 Å². The first-order valence-electron chi connectivity index (χ1n) is 6.95. The summed E-state index contributed by atoms with van der Waals surface area (Å²) in [5, 5.41) is 6.10. The van der Waals surface area contributed by atoms with Crippen LogP contribution in [0, 0.1) is 0 Å². The van der Waals surface area contributed by atoms with Gasteiger partial charge in [0.1, 0.15) is 5.75 Å². The van der Waals surface area contributed by atoms with Gasteiger partial charge in [0.15, 0.2) is 5.82 Å². The Labute approximate surface area is 131 Å². The number of benzene rings is 2. The molecule has 2 aromatic carbocycles. The molecule has 1 amide bonds. The van der Waals surface area contributed by atoms with Crippen LogP contribution in [0.2, 0.25) is 0 Å². The number of H-pyrrole nitrogens is 2. The van der Waals surface area contributed by atoms with Gasteiger partial charge in [-0.1, -0.05) is 36.4 Å². The molecule has 0 aliphatic rings. The maximum absolute atomic E-state index is 12.5. The predicted octanol–water partition coefficient (Wildman–Crippen LogP) is 2.30. The van der Waals surface area contributed by atoms with E-state index < -0.39 is 11.8 Å². The van der Waals surface area contributed by atoms with Crippen LogP contribution in [0.15, 0.2) is 65.5 Å². The molecule has 1 heterocycles. The molecule has 3 rings (SSSR count). The van der Waals surface area contributed by atoms with Gasteiger partial charge in [0.25, 0.3) is 0 Å². The Kier molecular flexibility index (Phi) is 4.19. The van der Waals surface area contributed by atoms with E-state index in [9.17, 15) is 9.59 Å². The van der Waals surface area contributed by atoms with Crippen LogP contribution in [0.25, 0.3) is 0 Å². The van der Waals surface area contributed by atoms with Gasteiger partial charge in [0, 0.05) is 5.69 Å². The second kappa shape index (κ2) is 6.61. The zero-order valence-corrected chi connectivity index (χ0v) is 12.1. The molecule has 0 bridgehead atoms. The largest absolute Gasteiger partial charge is 0.420 e. The molecule has 3 aromatic rings. The fraction of sp³-hybridized carbons (Fsp3) is 0.0625. The van der Waals surface area contributed by atoms with Crippen LogP contribution in [0.5, 0.6) is 5.75 Å². The van der Waals surface area contributed by atoms with Crippen LogP contribution < -0.4 is 15.3 Å². The lowest BCUT2D eigenvalue weighted by atomic mass is 10.3. The van der Waals surface area contributed by atoms with E-state index in [-0.39, 0.29) is 6.54 Å². The quantitative estimate of drug-likeness (QED) is 0.773. The van der Waals surface area contributed by atoms with Crippen molar-refractivity contribution < 1.29 is 9.53 Å². The van der Waals surface area contributed by atoms with Gasteiger partial charge < -0.3 is 4.74 Å². The van der Waals surface area contributed by atoms with Crippen LogP contribution in [0.1, 0.15) is 5.82 Å². The topological polar surface area (TPSA) is 91.1 Å². The van der Waals surface area contributed by atoms with Crippen molar-refractivity contribution in [2.75, 3.05) is 4.90 Å². The summed E-state index contributed by atoms with van der Waals surface area (Å²) < 4.78 is 5.37. The fourth-order valence-electron chi connectivity index (χ4n) is 2.04. The number of anilines is 1. The molecule has 0 saturated heterocycles. The molecule has 0 saturated carbocycles. The van der Waals surface area contributed by atoms with E-state index in [2.05, 4.69) is 15.2 Å². The first-order valence-corrected chi connectivity index (χ1v) is 6.95. The number of aromatic amines is 2. The second-order valence-electron chi connectivity index (χ2n) is 4.73. The molecule has 2 N–H and O–H groups in total. The Hall–Kier alpha value is -3.35. The van der Waals surface area contributed by atoms with Crippen molar-refractivity contribution in [3.63, 3.8) is 0 Å². The monoisotopic (exact) mass is 310 g/mol. The van der Waals surface area contributed by atoms with Crippen molar-refractivity contribution in [2.45, 2.75) is 6.54 Å². The van der Waals surface area contributed by atoms with Crippen LogP contribution in [-0.2, 0) is 6.54 Å². The van der Waals surface area contributed by atoms with E-state index in [4.69, 9.17) is 4.74 Å². The second-order valence-corrected chi connectivity index (χ2v) is 4.73. The Balaban J connectivity index is 1.85. The lowest BCUT2D eigenvalue weighted by Crippen LogP contribution is -2.33. The summed E-state index contributed by atoms with van der Waals surface area (Å²) in [5.74, 6) is 0.776. The molecule has 0 spiro atoms. The number of nitrogens with one attached hydrogen (secondary N) is 2. The van der Waals surface area contributed by atoms with Crippen molar-refractivity contribution >= 4 is 11.8 Å². The van der Waals surface area contributed by atoms with Gasteiger partial charge in [-0.2, -0.15) is 5.10 Å². The van der Waals surface area contributed by atoms with Gasteiger partial charge in [-0.05, 0) is 24.3 Å². The van der Waals surface area contributed by atoms with Gasteiger partial charge in [-0.15, -0.1) is 0 Å². The van der Waals surface area contributed by atoms with Crippen LogP contribution >= 0.6 is 0 Å². The average Bonchev–Trinajstić information content (AvgIpc) is 2.99. The first-order chi connectivity index (χ1) is 11.2. The average molecular weight is 310 g/mol. The minimum atomic E-state index is -0.564. The predicted molar refractivity (Wildman–Crippen MR) is 84.3 cm³/mol.